The van der Waals surface area contributed by atoms with E-state index in [2.05, 4.69) is 62.4 Å². The summed E-state index contributed by atoms with van der Waals surface area (Å²) in [6, 6.07) is 28.6. The summed E-state index contributed by atoms with van der Waals surface area (Å²) in [5.41, 5.74) is 9.52. The van der Waals surface area contributed by atoms with Crippen LogP contribution >= 0.6 is 0 Å². The predicted octanol–water partition coefficient (Wildman–Crippen LogP) is 9.13. The van der Waals surface area contributed by atoms with Crippen molar-refractivity contribution in [1.82, 2.24) is 4.98 Å². The zero-order valence-electron chi connectivity index (χ0n) is 31.1. The van der Waals surface area contributed by atoms with Crippen LogP contribution in [-0.4, -0.2) is 70.0 Å². The van der Waals surface area contributed by atoms with Crippen molar-refractivity contribution in [3.63, 3.8) is 0 Å². The van der Waals surface area contributed by atoms with Gasteiger partial charge in [0.1, 0.15) is 48.4 Å². The van der Waals surface area contributed by atoms with Gasteiger partial charge in [0, 0.05) is 12.1 Å². The first-order chi connectivity index (χ1) is 25.8. The standard InChI is InChI=1S/C44H47NO8/c1-28-18-43(52-41-12-8-35(22-31(41)4)33-6-10-39(29(2)20-33)48-16-14-46-24-37-26-50-37)45-44(19-28)53-42-13-9-36(23-32(42)5)34-7-11-40(30(3)21-34)49-17-15-47-25-38-27-51-38/h6-13,18-23,37-38H,14-17,24-27H2,1-5H3. The van der Waals surface area contributed by atoms with Crippen LogP contribution in [0.1, 0.15) is 27.8 Å². The summed E-state index contributed by atoms with van der Waals surface area (Å²) < 4.78 is 46.0. The number of epoxide rings is 2. The van der Waals surface area contributed by atoms with Crippen LogP contribution in [0.3, 0.4) is 0 Å². The maximum atomic E-state index is 6.31. The third-order valence-electron chi connectivity index (χ3n) is 9.10. The van der Waals surface area contributed by atoms with Crippen molar-refractivity contribution in [2.45, 2.75) is 46.8 Å². The lowest BCUT2D eigenvalue weighted by atomic mass is 10.0. The first-order valence-electron chi connectivity index (χ1n) is 18.2. The number of hydrogen-bond donors (Lipinski definition) is 0. The number of pyridine rings is 1. The molecule has 3 heterocycles. The van der Waals surface area contributed by atoms with Crippen molar-refractivity contribution in [1.29, 1.82) is 0 Å². The first kappa shape index (κ1) is 36.4. The van der Waals surface area contributed by atoms with Gasteiger partial charge in [-0.05, 0) is 133 Å². The lowest BCUT2D eigenvalue weighted by Gasteiger charge is -2.14. The SMILES string of the molecule is Cc1cc(Oc2ccc(-c3ccc(OCCOCC4CO4)c(C)c3)cc2C)nc(Oc2ccc(-c3ccc(OCCOCC4CO4)c(C)c3)cc2C)c1. The van der Waals surface area contributed by atoms with Gasteiger partial charge in [-0.1, -0.05) is 24.3 Å². The van der Waals surface area contributed by atoms with E-state index in [1.54, 1.807) is 0 Å². The van der Waals surface area contributed by atoms with Gasteiger partial charge in [-0.3, -0.25) is 0 Å². The summed E-state index contributed by atoms with van der Waals surface area (Å²) in [7, 11) is 0. The summed E-state index contributed by atoms with van der Waals surface area (Å²) in [5.74, 6) is 4.12. The van der Waals surface area contributed by atoms with Gasteiger partial charge in [-0.25, -0.2) is 0 Å². The molecule has 2 aliphatic heterocycles. The van der Waals surface area contributed by atoms with Crippen molar-refractivity contribution < 1.29 is 37.9 Å². The first-order valence-corrected chi connectivity index (χ1v) is 18.2. The molecule has 2 aliphatic rings. The predicted molar refractivity (Wildman–Crippen MR) is 204 cm³/mol. The largest absolute Gasteiger partial charge is 0.491 e. The normalized spacial score (nSPS) is 15.9. The molecule has 9 nitrogen and oxygen atoms in total. The highest BCUT2D eigenvalue weighted by atomic mass is 16.6. The molecule has 0 bridgehead atoms. The molecule has 4 aromatic carbocycles. The van der Waals surface area contributed by atoms with E-state index in [-0.39, 0.29) is 12.2 Å². The lowest BCUT2D eigenvalue weighted by Crippen LogP contribution is -2.10. The summed E-state index contributed by atoms with van der Waals surface area (Å²) in [6.07, 6.45) is 0.530. The Balaban J connectivity index is 0.954. The number of nitrogens with zero attached hydrogens (tertiary/aromatic N) is 1. The molecule has 2 fully saturated rings. The number of aromatic nitrogens is 1. The number of benzene rings is 4. The highest BCUT2D eigenvalue weighted by Gasteiger charge is 2.23. The van der Waals surface area contributed by atoms with Crippen molar-refractivity contribution in [2.24, 2.45) is 0 Å². The molecule has 9 heteroatoms. The molecule has 0 aliphatic carbocycles. The zero-order valence-corrected chi connectivity index (χ0v) is 31.1. The van der Waals surface area contributed by atoms with Crippen LogP contribution in [0.5, 0.6) is 34.8 Å². The Morgan fingerprint density at radius 1 is 0.491 bits per heavy atom. The summed E-state index contributed by atoms with van der Waals surface area (Å²) in [6.45, 7) is 15.1. The maximum Gasteiger partial charge on any atom is 0.222 e. The van der Waals surface area contributed by atoms with E-state index >= 15 is 0 Å². The second kappa shape index (κ2) is 16.8. The molecule has 1 aromatic heterocycles. The van der Waals surface area contributed by atoms with Gasteiger partial charge in [0.15, 0.2) is 0 Å². The summed E-state index contributed by atoms with van der Waals surface area (Å²) in [5, 5.41) is 0. The molecular formula is C44H47NO8. The fraction of sp³-hybridized carbons (Fsp3) is 0.341. The van der Waals surface area contributed by atoms with Crippen LogP contribution in [0.2, 0.25) is 0 Å². The fourth-order valence-electron chi connectivity index (χ4n) is 5.98. The number of rotatable bonds is 18. The van der Waals surface area contributed by atoms with Crippen LogP contribution < -0.4 is 18.9 Å². The minimum absolute atomic E-state index is 0.265. The van der Waals surface area contributed by atoms with Gasteiger partial charge in [-0.2, -0.15) is 4.98 Å². The maximum absolute atomic E-state index is 6.31. The Morgan fingerprint density at radius 3 is 1.19 bits per heavy atom. The minimum atomic E-state index is 0.265. The van der Waals surface area contributed by atoms with Gasteiger partial charge in [0.05, 0.1) is 39.6 Å². The summed E-state index contributed by atoms with van der Waals surface area (Å²) >= 11 is 0. The highest BCUT2D eigenvalue weighted by Crippen LogP contribution is 2.35. The molecule has 53 heavy (non-hydrogen) atoms. The second-order valence-electron chi connectivity index (χ2n) is 13.7. The molecule has 0 saturated carbocycles. The van der Waals surface area contributed by atoms with E-state index in [9.17, 15) is 0 Å². The van der Waals surface area contributed by atoms with Gasteiger partial charge in [-0.15, -0.1) is 0 Å². The minimum Gasteiger partial charge on any atom is -0.491 e. The van der Waals surface area contributed by atoms with Crippen molar-refractivity contribution in [2.75, 3.05) is 52.9 Å². The molecular weight excluding hydrogens is 670 g/mol. The lowest BCUT2D eigenvalue weighted by molar-refractivity contribution is 0.0876. The monoisotopic (exact) mass is 717 g/mol. The van der Waals surface area contributed by atoms with Crippen LogP contribution in [0.15, 0.2) is 84.9 Å². The van der Waals surface area contributed by atoms with Crippen LogP contribution in [0.4, 0.5) is 0 Å². The molecule has 2 unspecified atom stereocenters. The number of hydrogen-bond acceptors (Lipinski definition) is 9. The van der Waals surface area contributed by atoms with E-state index in [0.29, 0.717) is 51.4 Å². The Hall–Kier alpha value is -4.93. The molecule has 2 saturated heterocycles. The van der Waals surface area contributed by atoms with E-state index in [1.165, 1.54) is 0 Å². The van der Waals surface area contributed by atoms with Crippen molar-refractivity contribution in [3.8, 4) is 57.0 Å². The Kier molecular flexibility index (Phi) is 11.6. The number of aryl methyl sites for hydroxylation is 5. The molecule has 0 N–H and O–H groups in total. The molecule has 0 amide bonds. The molecule has 5 aromatic rings. The van der Waals surface area contributed by atoms with Gasteiger partial charge in [0.2, 0.25) is 11.8 Å². The Bertz CT molecular complexity index is 1900. The molecule has 276 valence electrons. The van der Waals surface area contributed by atoms with E-state index in [4.69, 9.17) is 42.9 Å². The van der Waals surface area contributed by atoms with Crippen molar-refractivity contribution >= 4 is 0 Å². The van der Waals surface area contributed by atoms with Crippen LogP contribution in [0, 0.1) is 34.6 Å². The Morgan fingerprint density at radius 2 is 0.849 bits per heavy atom. The molecule has 0 spiro atoms. The fourth-order valence-corrected chi connectivity index (χ4v) is 5.98. The smallest absolute Gasteiger partial charge is 0.222 e. The van der Waals surface area contributed by atoms with Crippen LogP contribution in [-0.2, 0) is 18.9 Å². The van der Waals surface area contributed by atoms with Gasteiger partial charge < -0.3 is 37.9 Å². The molecule has 7 rings (SSSR count). The topological polar surface area (TPSA) is 93.3 Å². The zero-order chi connectivity index (χ0) is 36.7. The van der Waals surface area contributed by atoms with Crippen molar-refractivity contribution in [3.05, 3.63) is 113 Å². The third-order valence-corrected chi connectivity index (χ3v) is 9.10. The number of ether oxygens (including phenoxy) is 8. The average molecular weight is 718 g/mol. The molecule has 0 radical (unpaired) electrons. The molecule has 2 atom stereocenters. The Labute approximate surface area is 311 Å². The van der Waals surface area contributed by atoms with E-state index in [0.717, 1.165) is 86.3 Å². The third kappa shape index (κ3) is 10.1. The quantitative estimate of drug-likeness (QED) is 0.0650. The van der Waals surface area contributed by atoms with Gasteiger partial charge in [0.25, 0.3) is 0 Å². The average Bonchev–Trinajstić information content (AvgIpc) is 4.08. The van der Waals surface area contributed by atoms with Crippen LogP contribution in [0.25, 0.3) is 22.3 Å². The van der Waals surface area contributed by atoms with Gasteiger partial charge >= 0.3 is 0 Å². The van der Waals surface area contributed by atoms with E-state index < -0.39 is 0 Å². The highest BCUT2D eigenvalue weighted by molar-refractivity contribution is 5.69. The second-order valence-corrected chi connectivity index (χ2v) is 13.7. The summed E-state index contributed by atoms with van der Waals surface area (Å²) in [4.78, 5) is 4.70. The van der Waals surface area contributed by atoms with E-state index in [1.807, 2.05) is 57.2 Å².